The van der Waals surface area contributed by atoms with E-state index >= 15 is 0 Å². The minimum Gasteiger partial charge on any atom is -0.439 e. The van der Waals surface area contributed by atoms with E-state index < -0.39 is 0 Å². The van der Waals surface area contributed by atoms with Gasteiger partial charge in [0.1, 0.15) is 17.3 Å². The fraction of sp³-hybridized carbons (Fsp3) is 0. The highest BCUT2D eigenvalue weighted by atomic mass is 19.1. The Morgan fingerprint density at radius 1 is 0.889 bits per heavy atom. The number of aromatic nitrogens is 3. The van der Waals surface area contributed by atoms with Crippen LogP contribution in [0.3, 0.4) is 0 Å². The predicted octanol–water partition coefficient (Wildman–Crippen LogP) is 4.21. The van der Waals surface area contributed by atoms with Crippen molar-refractivity contribution in [3.05, 3.63) is 84.6 Å². The molecule has 0 spiro atoms. The number of halogens is 1. The molecule has 132 valence electrons. The quantitative estimate of drug-likeness (QED) is 0.590. The number of nitrogens with zero attached hydrogens (tertiary/aromatic N) is 3. The number of hydrogen-bond donors (Lipinski definition) is 1. The molecule has 0 fully saturated rings. The van der Waals surface area contributed by atoms with Gasteiger partial charge in [-0.3, -0.25) is 9.78 Å². The molecule has 0 bridgehead atoms. The molecule has 1 N–H and O–H groups in total. The van der Waals surface area contributed by atoms with Crippen LogP contribution in [-0.4, -0.2) is 20.9 Å². The van der Waals surface area contributed by atoms with Crippen LogP contribution < -0.4 is 10.1 Å². The second-order valence-corrected chi connectivity index (χ2v) is 5.64. The smallest absolute Gasteiger partial charge is 0.275 e. The largest absolute Gasteiger partial charge is 0.439 e. The highest BCUT2D eigenvalue weighted by molar-refractivity contribution is 6.03. The lowest BCUT2D eigenvalue weighted by Crippen LogP contribution is -2.14. The number of carbonyl (C=O) groups is 1. The SMILES string of the molecule is O=C(Nc1ccc(Oc2ccc(F)cc2)nc1)c1cnc2ccccc2n1. The Labute approximate surface area is 153 Å². The summed E-state index contributed by atoms with van der Waals surface area (Å²) >= 11 is 0. The van der Waals surface area contributed by atoms with Gasteiger partial charge < -0.3 is 10.1 Å². The van der Waals surface area contributed by atoms with Crippen molar-refractivity contribution in [2.75, 3.05) is 5.32 Å². The molecule has 27 heavy (non-hydrogen) atoms. The maximum Gasteiger partial charge on any atom is 0.275 e. The topological polar surface area (TPSA) is 77.0 Å². The number of pyridine rings is 1. The fourth-order valence-corrected chi connectivity index (χ4v) is 2.40. The molecule has 6 nitrogen and oxygen atoms in total. The van der Waals surface area contributed by atoms with E-state index in [1.807, 2.05) is 18.2 Å². The van der Waals surface area contributed by atoms with E-state index in [2.05, 4.69) is 20.3 Å². The summed E-state index contributed by atoms with van der Waals surface area (Å²) in [6.45, 7) is 0. The van der Waals surface area contributed by atoms with Crippen LogP contribution in [0.1, 0.15) is 10.5 Å². The number of para-hydroxylation sites is 2. The lowest BCUT2D eigenvalue weighted by atomic mass is 10.3. The van der Waals surface area contributed by atoms with Crippen LogP contribution >= 0.6 is 0 Å². The van der Waals surface area contributed by atoms with Gasteiger partial charge in [0.2, 0.25) is 5.88 Å². The second kappa shape index (κ2) is 7.17. The van der Waals surface area contributed by atoms with Gasteiger partial charge in [0.15, 0.2) is 0 Å². The zero-order valence-electron chi connectivity index (χ0n) is 14.0. The number of fused-ring (bicyclic) bond motifs is 1. The Bertz CT molecular complexity index is 1100. The molecule has 2 heterocycles. The molecule has 0 atom stereocenters. The molecule has 2 aromatic heterocycles. The monoisotopic (exact) mass is 360 g/mol. The van der Waals surface area contributed by atoms with Crippen LogP contribution in [-0.2, 0) is 0 Å². The molecule has 0 saturated heterocycles. The van der Waals surface area contributed by atoms with Crippen molar-refractivity contribution in [3.63, 3.8) is 0 Å². The number of hydrogen-bond acceptors (Lipinski definition) is 5. The van der Waals surface area contributed by atoms with Crippen molar-refractivity contribution >= 4 is 22.6 Å². The summed E-state index contributed by atoms with van der Waals surface area (Å²) in [5, 5.41) is 2.71. The van der Waals surface area contributed by atoms with E-state index in [0.717, 1.165) is 5.52 Å². The lowest BCUT2D eigenvalue weighted by Gasteiger charge is -2.07. The number of nitrogens with one attached hydrogen (secondary N) is 1. The Hall–Kier alpha value is -3.87. The van der Waals surface area contributed by atoms with E-state index in [9.17, 15) is 9.18 Å². The molecule has 0 saturated carbocycles. The summed E-state index contributed by atoms with van der Waals surface area (Å²) in [5.41, 5.74) is 2.06. The van der Waals surface area contributed by atoms with Crippen molar-refractivity contribution in [2.45, 2.75) is 0 Å². The molecular formula is C20H13FN4O2. The van der Waals surface area contributed by atoms with Gasteiger partial charge in [-0.1, -0.05) is 12.1 Å². The molecular weight excluding hydrogens is 347 g/mol. The van der Waals surface area contributed by atoms with Crippen LogP contribution in [0.2, 0.25) is 0 Å². The highest BCUT2D eigenvalue weighted by Crippen LogP contribution is 2.21. The Morgan fingerprint density at radius 2 is 1.67 bits per heavy atom. The van der Waals surface area contributed by atoms with Gasteiger partial charge in [-0.25, -0.2) is 14.4 Å². The van der Waals surface area contributed by atoms with Gasteiger partial charge in [0, 0.05) is 6.07 Å². The minimum atomic E-state index is -0.387. The Morgan fingerprint density at radius 3 is 2.41 bits per heavy atom. The maximum absolute atomic E-state index is 12.9. The third kappa shape index (κ3) is 3.87. The molecule has 0 radical (unpaired) electrons. The number of carbonyl (C=O) groups excluding carboxylic acids is 1. The average Bonchev–Trinajstić information content (AvgIpc) is 2.71. The fourth-order valence-electron chi connectivity index (χ4n) is 2.40. The third-order valence-electron chi connectivity index (χ3n) is 3.71. The Kier molecular flexibility index (Phi) is 4.40. The van der Waals surface area contributed by atoms with Crippen molar-refractivity contribution < 1.29 is 13.9 Å². The maximum atomic E-state index is 12.9. The number of anilines is 1. The molecule has 4 rings (SSSR count). The number of benzene rings is 2. The molecule has 7 heteroatoms. The normalized spacial score (nSPS) is 10.6. The van der Waals surface area contributed by atoms with Gasteiger partial charge in [0.25, 0.3) is 5.91 Å². The highest BCUT2D eigenvalue weighted by Gasteiger charge is 2.10. The molecule has 2 aromatic carbocycles. The zero-order valence-corrected chi connectivity index (χ0v) is 14.0. The molecule has 0 aliphatic heterocycles. The second-order valence-electron chi connectivity index (χ2n) is 5.64. The van der Waals surface area contributed by atoms with E-state index in [-0.39, 0.29) is 17.4 Å². The molecule has 0 unspecified atom stereocenters. The Balaban J connectivity index is 1.45. The van der Waals surface area contributed by atoms with E-state index in [4.69, 9.17) is 4.74 Å². The minimum absolute atomic E-state index is 0.209. The summed E-state index contributed by atoms with van der Waals surface area (Å²) in [7, 11) is 0. The van der Waals surface area contributed by atoms with Crippen molar-refractivity contribution in [1.82, 2.24) is 15.0 Å². The van der Waals surface area contributed by atoms with Crippen LogP contribution in [0.5, 0.6) is 11.6 Å². The zero-order chi connectivity index (χ0) is 18.6. The first-order valence-electron chi connectivity index (χ1n) is 8.10. The molecule has 1 amide bonds. The lowest BCUT2D eigenvalue weighted by molar-refractivity contribution is 0.102. The van der Waals surface area contributed by atoms with Crippen molar-refractivity contribution in [1.29, 1.82) is 0 Å². The van der Waals surface area contributed by atoms with Gasteiger partial charge in [-0.05, 0) is 42.5 Å². The number of rotatable bonds is 4. The number of amides is 1. The van der Waals surface area contributed by atoms with Crippen molar-refractivity contribution in [3.8, 4) is 11.6 Å². The predicted molar refractivity (Wildman–Crippen MR) is 98.2 cm³/mol. The summed E-state index contributed by atoms with van der Waals surface area (Å²) in [6.07, 6.45) is 2.89. The van der Waals surface area contributed by atoms with Crippen LogP contribution in [0.15, 0.2) is 73.1 Å². The first-order chi connectivity index (χ1) is 13.2. The van der Waals surface area contributed by atoms with E-state index in [0.29, 0.717) is 22.8 Å². The number of ether oxygens (including phenoxy) is 1. The summed E-state index contributed by atoms with van der Waals surface area (Å²) in [5.74, 6) is 0.0599. The first kappa shape index (κ1) is 16.6. The van der Waals surface area contributed by atoms with Gasteiger partial charge >= 0.3 is 0 Å². The van der Waals surface area contributed by atoms with Gasteiger partial charge in [0.05, 0.1) is 29.1 Å². The van der Waals surface area contributed by atoms with Crippen molar-refractivity contribution in [2.24, 2.45) is 0 Å². The van der Waals surface area contributed by atoms with Gasteiger partial charge in [-0.15, -0.1) is 0 Å². The van der Waals surface area contributed by atoms with E-state index in [1.54, 1.807) is 18.2 Å². The first-order valence-corrected chi connectivity index (χ1v) is 8.10. The van der Waals surface area contributed by atoms with E-state index in [1.165, 1.54) is 36.7 Å². The standard InChI is InChI=1S/C20H13FN4O2/c21-13-5-8-15(9-6-13)27-19-10-7-14(11-23-19)24-20(26)18-12-22-16-3-1-2-4-17(16)25-18/h1-12H,(H,24,26). The average molecular weight is 360 g/mol. The summed E-state index contributed by atoms with van der Waals surface area (Å²) in [4.78, 5) is 25.0. The molecule has 0 aliphatic carbocycles. The van der Waals surface area contributed by atoms with Crippen LogP contribution in [0.25, 0.3) is 11.0 Å². The van der Waals surface area contributed by atoms with Gasteiger partial charge in [-0.2, -0.15) is 0 Å². The summed E-state index contributed by atoms with van der Waals surface area (Å²) < 4.78 is 18.4. The summed E-state index contributed by atoms with van der Waals surface area (Å²) in [6, 6.07) is 16.2. The van der Waals surface area contributed by atoms with Crippen LogP contribution in [0, 0.1) is 5.82 Å². The molecule has 0 aliphatic rings. The third-order valence-corrected chi connectivity index (χ3v) is 3.71. The molecule has 4 aromatic rings. The van der Waals surface area contributed by atoms with Crippen LogP contribution in [0.4, 0.5) is 10.1 Å².